The maximum Gasteiger partial charge on any atom is 0.428 e. The molecule has 11 nitrogen and oxygen atoms in total. The number of hydrogen-bond donors (Lipinski definition) is 3. The Balaban J connectivity index is 1.49. The topological polar surface area (TPSA) is 137 Å². The van der Waals surface area contributed by atoms with Crippen molar-refractivity contribution in [2.24, 2.45) is 0 Å². The number of carbonyl (C=O) groups excluding carboxylic acids is 1. The minimum atomic E-state index is -4.76. The van der Waals surface area contributed by atoms with Gasteiger partial charge >= 0.3 is 6.18 Å². The predicted molar refractivity (Wildman–Crippen MR) is 159 cm³/mol. The van der Waals surface area contributed by atoms with Gasteiger partial charge in [-0.3, -0.25) is 9.69 Å². The minimum absolute atomic E-state index is 0.0319. The smallest absolute Gasteiger partial charge is 0.428 e. The van der Waals surface area contributed by atoms with Gasteiger partial charge in [-0.15, -0.1) is 0 Å². The van der Waals surface area contributed by atoms with Gasteiger partial charge in [-0.25, -0.2) is 13.4 Å². The molecule has 3 N–H and O–H groups in total. The third kappa shape index (κ3) is 7.70. The molecule has 3 aromatic rings. The van der Waals surface area contributed by atoms with Gasteiger partial charge < -0.3 is 25.4 Å². The molecule has 1 aliphatic rings. The molecule has 0 saturated carbocycles. The van der Waals surface area contributed by atoms with Crippen molar-refractivity contribution >= 4 is 50.5 Å². The van der Waals surface area contributed by atoms with E-state index in [2.05, 4.69) is 20.6 Å². The van der Waals surface area contributed by atoms with Crippen LogP contribution < -0.4 is 15.4 Å². The van der Waals surface area contributed by atoms with Crippen molar-refractivity contribution in [2.45, 2.75) is 42.8 Å². The Kier molecular flexibility index (Phi) is 10.2. The number of sulfone groups is 1. The average molecular weight is 657 g/mol. The molecule has 1 amide bonds. The van der Waals surface area contributed by atoms with Crippen molar-refractivity contribution in [1.82, 2.24) is 19.8 Å². The normalized spacial score (nSPS) is 15.2. The molecule has 0 aliphatic carbocycles. The average Bonchev–Trinajstić information content (AvgIpc) is 2.98. The summed E-state index contributed by atoms with van der Waals surface area (Å²) >= 11 is 6.34. The molecule has 16 heteroatoms. The van der Waals surface area contributed by atoms with Gasteiger partial charge in [0.25, 0.3) is 0 Å². The Morgan fingerprint density at radius 2 is 1.77 bits per heavy atom. The monoisotopic (exact) mass is 656 g/mol. The molecular formula is C28H32ClF3N6O5S. The molecule has 4 rings (SSSR count). The van der Waals surface area contributed by atoms with Crippen molar-refractivity contribution in [3.63, 3.8) is 0 Å². The zero-order chi connectivity index (χ0) is 32.2. The second-order valence-corrected chi connectivity index (χ2v) is 13.2. The number of aromatic nitrogens is 2. The number of piperazine rings is 1. The number of nitrogens with one attached hydrogen (secondary N) is 2. The van der Waals surface area contributed by atoms with Gasteiger partial charge in [0, 0.05) is 26.2 Å². The van der Waals surface area contributed by atoms with E-state index in [-0.39, 0.29) is 60.2 Å². The van der Waals surface area contributed by atoms with E-state index in [0.717, 1.165) is 4.90 Å². The molecule has 1 atom stereocenters. The van der Waals surface area contributed by atoms with Crippen LogP contribution in [-0.4, -0.2) is 90.1 Å². The van der Waals surface area contributed by atoms with Gasteiger partial charge in [0.2, 0.25) is 18.1 Å². The van der Waals surface area contributed by atoms with Crippen LogP contribution in [0.15, 0.2) is 53.6 Å². The number of halogens is 4. The fraction of sp³-hybridized carbons (Fsp3) is 0.393. The van der Waals surface area contributed by atoms with Crippen molar-refractivity contribution in [3.8, 4) is 5.75 Å². The highest BCUT2D eigenvalue weighted by Gasteiger charge is 2.43. The van der Waals surface area contributed by atoms with Gasteiger partial charge in [0.1, 0.15) is 10.8 Å². The molecular weight excluding hydrogens is 625 g/mol. The first-order valence-electron chi connectivity index (χ1n) is 13.5. The summed E-state index contributed by atoms with van der Waals surface area (Å²) in [6.07, 6.45) is -6.02. The molecule has 0 spiro atoms. The Morgan fingerprint density at radius 1 is 1.09 bits per heavy atom. The number of hydrogen-bond acceptors (Lipinski definition) is 10. The fourth-order valence-corrected chi connectivity index (χ4v) is 5.85. The van der Waals surface area contributed by atoms with E-state index in [0.29, 0.717) is 22.7 Å². The largest absolute Gasteiger partial charge is 0.495 e. The first-order chi connectivity index (χ1) is 20.7. The van der Waals surface area contributed by atoms with Crippen LogP contribution >= 0.6 is 11.6 Å². The first kappa shape index (κ1) is 33.2. The van der Waals surface area contributed by atoms with Crippen LogP contribution in [0.25, 0.3) is 0 Å². The summed E-state index contributed by atoms with van der Waals surface area (Å²) in [5, 5.41) is 15.0. The lowest BCUT2D eigenvalue weighted by Gasteiger charge is -2.37. The third-order valence-electron chi connectivity index (χ3n) is 6.98. The summed E-state index contributed by atoms with van der Waals surface area (Å²) in [5.74, 6) is 0.377. The van der Waals surface area contributed by atoms with E-state index in [9.17, 15) is 31.5 Å². The number of para-hydroxylation sites is 1. The Bertz CT molecular complexity index is 1600. The van der Waals surface area contributed by atoms with Crippen LogP contribution in [0.5, 0.6) is 5.75 Å². The molecule has 238 valence electrons. The minimum Gasteiger partial charge on any atom is -0.495 e. The first-order valence-corrected chi connectivity index (χ1v) is 15.5. The highest BCUT2D eigenvalue weighted by molar-refractivity contribution is 7.92. The maximum atomic E-state index is 12.9. The number of carbonyl (C=O) groups is 1. The number of ether oxygens (including phenoxy) is 1. The highest BCUT2D eigenvalue weighted by atomic mass is 35.5. The van der Waals surface area contributed by atoms with Crippen molar-refractivity contribution in [1.29, 1.82) is 0 Å². The molecule has 0 bridgehead atoms. The van der Waals surface area contributed by atoms with Crippen LogP contribution in [0.2, 0.25) is 5.02 Å². The number of aliphatic hydroxyl groups excluding tert-OH is 1. The molecule has 0 radical (unpaired) electrons. The lowest BCUT2D eigenvalue weighted by molar-refractivity contribution is -0.253. The lowest BCUT2D eigenvalue weighted by atomic mass is 10.1. The molecule has 1 aromatic heterocycles. The van der Waals surface area contributed by atoms with Gasteiger partial charge in [-0.2, -0.15) is 18.2 Å². The Hall–Kier alpha value is -3.66. The number of aliphatic hydroxyl groups is 1. The molecule has 1 fully saturated rings. The second-order valence-electron chi connectivity index (χ2n) is 10.3. The van der Waals surface area contributed by atoms with Gasteiger partial charge in [-0.05, 0) is 43.7 Å². The molecule has 2 aromatic carbocycles. The zero-order valence-electron chi connectivity index (χ0n) is 24.1. The molecule has 2 heterocycles. The zero-order valence-corrected chi connectivity index (χ0v) is 25.7. The standard InChI is InChI=1S/C28H32ClF3N6O5S/c1-17(2)44(41,42)23-7-5-4-6-20(23)34-25-19(29)16-33-27(36-25)35-21-14-18(8-9-22(21)43-3)15-24(39)37-10-12-38(13-11-37)26(40)28(30,31)32/h4-9,14,16-17,26,40H,10-13,15H2,1-3H3,(H2,33,34,35,36). The van der Waals surface area contributed by atoms with E-state index in [4.69, 9.17) is 16.3 Å². The summed E-state index contributed by atoms with van der Waals surface area (Å²) < 4.78 is 69.7. The number of nitrogens with zero attached hydrogens (tertiary/aromatic N) is 4. The number of methoxy groups -OCH3 is 1. The van der Waals surface area contributed by atoms with E-state index in [1.807, 2.05) is 0 Å². The van der Waals surface area contributed by atoms with Gasteiger partial charge in [0.15, 0.2) is 15.7 Å². The van der Waals surface area contributed by atoms with E-state index < -0.39 is 27.5 Å². The lowest BCUT2D eigenvalue weighted by Crippen LogP contribution is -2.56. The van der Waals surface area contributed by atoms with Crippen LogP contribution in [0.3, 0.4) is 0 Å². The maximum absolute atomic E-state index is 12.9. The SMILES string of the molecule is COc1ccc(CC(=O)N2CCN(C(O)C(F)(F)F)CC2)cc1Nc1ncc(Cl)c(Nc2ccccc2S(=O)(=O)C(C)C)n1. The predicted octanol–water partition coefficient (Wildman–Crippen LogP) is 4.38. The summed E-state index contributed by atoms with van der Waals surface area (Å²) in [6.45, 7) is 3.04. The van der Waals surface area contributed by atoms with E-state index in [1.165, 1.54) is 24.3 Å². The second kappa shape index (κ2) is 13.5. The summed E-state index contributed by atoms with van der Waals surface area (Å²) in [6, 6.07) is 11.4. The molecule has 44 heavy (non-hydrogen) atoms. The summed E-state index contributed by atoms with van der Waals surface area (Å²) in [4.78, 5) is 24.0. The highest BCUT2D eigenvalue weighted by Crippen LogP contribution is 2.32. The summed E-state index contributed by atoms with van der Waals surface area (Å²) in [5.41, 5.74) is 1.31. The Labute approximate surface area is 257 Å². The van der Waals surface area contributed by atoms with Gasteiger partial charge in [0.05, 0.1) is 41.2 Å². The third-order valence-corrected chi connectivity index (χ3v) is 9.47. The van der Waals surface area contributed by atoms with Crippen molar-refractivity contribution < 1.29 is 36.2 Å². The van der Waals surface area contributed by atoms with Crippen LogP contribution in [0, 0.1) is 0 Å². The number of alkyl halides is 3. The van der Waals surface area contributed by atoms with Crippen molar-refractivity contribution in [3.05, 3.63) is 59.2 Å². The summed E-state index contributed by atoms with van der Waals surface area (Å²) in [7, 11) is -2.15. The van der Waals surface area contributed by atoms with Gasteiger partial charge in [-0.1, -0.05) is 29.8 Å². The Morgan fingerprint density at radius 3 is 2.41 bits per heavy atom. The molecule has 1 saturated heterocycles. The fourth-order valence-electron chi connectivity index (χ4n) is 4.51. The number of rotatable bonds is 10. The molecule has 1 unspecified atom stereocenters. The molecule has 1 aliphatic heterocycles. The van der Waals surface area contributed by atoms with E-state index in [1.54, 1.807) is 50.2 Å². The van der Waals surface area contributed by atoms with E-state index >= 15 is 0 Å². The quantitative estimate of drug-likeness (QED) is 0.288. The number of amides is 1. The van der Waals surface area contributed by atoms with Crippen LogP contribution in [0.4, 0.5) is 36.3 Å². The number of benzene rings is 2. The van der Waals surface area contributed by atoms with Crippen molar-refractivity contribution in [2.75, 3.05) is 43.9 Å². The number of anilines is 4. The van der Waals surface area contributed by atoms with Crippen LogP contribution in [-0.2, 0) is 21.1 Å². The van der Waals surface area contributed by atoms with Crippen LogP contribution in [0.1, 0.15) is 19.4 Å².